The van der Waals surface area contributed by atoms with E-state index in [1.54, 1.807) is 0 Å². The molecule has 0 radical (unpaired) electrons. The van der Waals surface area contributed by atoms with Crippen LogP contribution in [0.25, 0.3) is 0 Å². The van der Waals surface area contributed by atoms with E-state index in [4.69, 9.17) is 9.63 Å². The van der Waals surface area contributed by atoms with Gasteiger partial charge < -0.3 is 9.63 Å². The van der Waals surface area contributed by atoms with Crippen LogP contribution < -0.4 is 0 Å². The van der Waals surface area contributed by atoms with Gasteiger partial charge in [0.1, 0.15) is 6.54 Å². The van der Waals surface area contributed by atoms with E-state index in [0.717, 1.165) is 0 Å². The average Bonchev–Trinajstić information content (AvgIpc) is 2.96. The Morgan fingerprint density at radius 1 is 1.33 bits per heavy atom. The number of carboxylic acids is 1. The normalized spacial score (nSPS) is 11.5. The molecule has 0 aliphatic carbocycles. The lowest BCUT2D eigenvalue weighted by Crippen LogP contribution is -2.11. The number of aromatic carboxylic acids is 1. The number of aromatic nitrogens is 5. The average molecular weight is 293 g/mol. The van der Waals surface area contributed by atoms with Crippen molar-refractivity contribution >= 4 is 5.97 Å². The van der Waals surface area contributed by atoms with Crippen molar-refractivity contribution in [3.8, 4) is 0 Å². The first-order valence-electron chi connectivity index (χ1n) is 6.86. The fraction of sp³-hybridized carbons (Fsp3) is 0.615. The Bertz CT molecular complexity index is 630. The molecule has 114 valence electrons. The molecule has 2 rings (SSSR count). The third-order valence-electron chi connectivity index (χ3n) is 2.91. The molecule has 0 aliphatic heterocycles. The summed E-state index contributed by atoms with van der Waals surface area (Å²) >= 11 is 0. The largest absolute Gasteiger partial charge is 0.476 e. The van der Waals surface area contributed by atoms with Gasteiger partial charge in [-0.15, -0.1) is 5.10 Å². The van der Waals surface area contributed by atoms with Crippen molar-refractivity contribution in [2.45, 2.75) is 46.6 Å². The summed E-state index contributed by atoms with van der Waals surface area (Å²) in [5.74, 6) is 0.361. The molecule has 0 unspecified atom stereocenters. The van der Waals surface area contributed by atoms with Gasteiger partial charge in [0.25, 0.3) is 0 Å². The summed E-state index contributed by atoms with van der Waals surface area (Å²) in [5.41, 5.74) is 0.522. The zero-order valence-corrected chi connectivity index (χ0v) is 12.6. The molecule has 2 aromatic heterocycles. The molecule has 21 heavy (non-hydrogen) atoms. The maximum Gasteiger partial charge on any atom is 0.358 e. The Labute approximate surface area is 122 Å². The molecule has 0 bridgehead atoms. The van der Waals surface area contributed by atoms with Crippen LogP contribution in [0.4, 0.5) is 0 Å². The van der Waals surface area contributed by atoms with Gasteiger partial charge in [-0.25, -0.2) is 9.48 Å². The van der Waals surface area contributed by atoms with Crippen LogP contribution in [-0.4, -0.2) is 36.2 Å². The van der Waals surface area contributed by atoms with E-state index in [2.05, 4.69) is 34.3 Å². The number of hydrogen-bond acceptors (Lipinski definition) is 6. The molecular formula is C13H19N5O3. The van der Waals surface area contributed by atoms with Crippen molar-refractivity contribution < 1.29 is 14.4 Å². The van der Waals surface area contributed by atoms with Crippen molar-refractivity contribution in [1.29, 1.82) is 0 Å². The Morgan fingerprint density at radius 3 is 2.62 bits per heavy atom. The van der Waals surface area contributed by atoms with Crippen molar-refractivity contribution in [3.05, 3.63) is 23.1 Å². The summed E-state index contributed by atoms with van der Waals surface area (Å²) in [7, 11) is 0. The minimum absolute atomic E-state index is 0.0202. The third-order valence-corrected chi connectivity index (χ3v) is 2.91. The van der Waals surface area contributed by atoms with Gasteiger partial charge in [0.05, 0.1) is 5.69 Å². The lowest BCUT2D eigenvalue weighted by molar-refractivity contribution is 0.0688. The van der Waals surface area contributed by atoms with Crippen LogP contribution in [0.1, 0.15) is 61.5 Å². The highest BCUT2D eigenvalue weighted by atomic mass is 16.5. The molecule has 0 saturated heterocycles. The van der Waals surface area contributed by atoms with Crippen LogP contribution in [0.2, 0.25) is 0 Å². The maximum absolute atomic E-state index is 11.2. The molecule has 0 aromatic carbocycles. The molecule has 0 amide bonds. The van der Waals surface area contributed by atoms with Crippen LogP contribution in [-0.2, 0) is 13.0 Å². The highest BCUT2D eigenvalue weighted by Gasteiger charge is 2.22. The minimum Gasteiger partial charge on any atom is -0.476 e. The van der Waals surface area contributed by atoms with E-state index < -0.39 is 5.97 Å². The Hall–Kier alpha value is -2.25. The van der Waals surface area contributed by atoms with E-state index in [9.17, 15) is 4.79 Å². The zero-order chi connectivity index (χ0) is 15.6. The maximum atomic E-state index is 11.2. The summed E-state index contributed by atoms with van der Waals surface area (Å²) in [6.07, 6.45) is 0.710. The van der Waals surface area contributed by atoms with Crippen molar-refractivity contribution in [3.63, 3.8) is 0 Å². The fourth-order valence-corrected chi connectivity index (χ4v) is 2.08. The molecule has 2 heterocycles. The van der Waals surface area contributed by atoms with Gasteiger partial charge in [0.2, 0.25) is 5.89 Å². The molecular weight excluding hydrogens is 274 g/mol. The van der Waals surface area contributed by atoms with Gasteiger partial charge in [-0.2, -0.15) is 4.98 Å². The topological polar surface area (TPSA) is 107 Å². The molecule has 2 aromatic rings. The van der Waals surface area contributed by atoms with E-state index in [0.29, 0.717) is 29.7 Å². The summed E-state index contributed by atoms with van der Waals surface area (Å²) in [4.78, 5) is 15.4. The van der Waals surface area contributed by atoms with Gasteiger partial charge in [-0.1, -0.05) is 38.1 Å². The molecule has 0 saturated carbocycles. The second-order valence-electron chi connectivity index (χ2n) is 5.64. The number of carbonyl (C=O) groups is 1. The van der Waals surface area contributed by atoms with Gasteiger partial charge in [-0.05, 0) is 11.8 Å². The van der Waals surface area contributed by atoms with Crippen molar-refractivity contribution in [1.82, 2.24) is 25.1 Å². The monoisotopic (exact) mass is 293 g/mol. The third kappa shape index (κ3) is 3.45. The molecule has 0 aliphatic rings. The number of carboxylic acid groups (broad SMARTS) is 1. The second-order valence-corrected chi connectivity index (χ2v) is 5.64. The summed E-state index contributed by atoms with van der Waals surface area (Å²) in [5, 5.41) is 20.6. The molecule has 1 N–H and O–H groups in total. The first kappa shape index (κ1) is 15.1. The van der Waals surface area contributed by atoms with Crippen molar-refractivity contribution in [2.75, 3.05) is 0 Å². The lowest BCUT2D eigenvalue weighted by Gasteiger charge is -2.07. The standard InChI is InChI=1S/C13H19N5O3/c1-7(2)5-10-14-9(16-21-10)6-18-12(8(3)4)11(13(19)20)15-17-18/h7-8H,5-6H2,1-4H3,(H,19,20). The fourth-order valence-electron chi connectivity index (χ4n) is 2.08. The lowest BCUT2D eigenvalue weighted by atomic mass is 10.1. The van der Waals surface area contributed by atoms with Gasteiger partial charge in [0.15, 0.2) is 11.5 Å². The van der Waals surface area contributed by atoms with Gasteiger partial charge >= 0.3 is 5.97 Å². The summed E-state index contributed by atoms with van der Waals surface area (Å²) < 4.78 is 6.68. The number of hydrogen-bond donors (Lipinski definition) is 1. The molecule has 8 nitrogen and oxygen atoms in total. The van der Waals surface area contributed by atoms with Crippen LogP contribution in [0.3, 0.4) is 0 Å². The number of rotatable bonds is 6. The van der Waals surface area contributed by atoms with Gasteiger partial charge in [-0.3, -0.25) is 0 Å². The smallest absolute Gasteiger partial charge is 0.358 e. The van der Waals surface area contributed by atoms with Crippen LogP contribution in [0.5, 0.6) is 0 Å². The minimum atomic E-state index is -1.08. The van der Waals surface area contributed by atoms with Crippen molar-refractivity contribution in [2.24, 2.45) is 5.92 Å². The Balaban J connectivity index is 2.23. The predicted molar refractivity (Wildman–Crippen MR) is 73.0 cm³/mol. The summed E-state index contributed by atoms with van der Waals surface area (Å²) in [6.45, 7) is 8.16. The van der Waals surface area contributed by atoms with Crippen LogP contribution in [0.15, 0.2) is 4.52 Å². The highest BCUT2D eigenvalue weighted by molar-refractivity contribution is 5.86. The summed E-state index contributed by atoms with van der Waals surface area (Å²) in [6, 6.07) is 0. The molecule has 0 spiro atoms. The zero-order valence-electron chi connectivity index (χ0n) is 12.6. The SMILES string of the molecule is CC(C)Cc1nc(Cn2nnc(C(=O)O)c2C(C)C)no1. The molecule has 0 atom stereocenters. The second kappa shape index (κ2) is 6.02. The number of nitrogens with zero attached hydrogens (tertiary/aromatic N) is 5. The van der Waals surface area contributed by atoms with E-state index in [1.165, 1.54) is 4.68 Å². The van der Waals surface area contributed by atoms with Crippen LogP contribution >= 0.6 is 0 Å². The van der Waals surface area contributed by atoms with E-state index in [-0.39, 0.29) is 18.2 Å². The molecule has 0 fully saturated rings. The quantitative estimate of drug-likeness (QED) is 0.864. The first-order chi connectivity index (χ1) is 9.88. The van der Waals surface area contributed by atoms with E-state index in [1.807, 2.05) is 13.8 Å². The van der Waals surface area contributed by atoms with Crippen LogP contribution in [0, 0.1) is 5.92 Å². The predicted octanol–water partition coefficient (Wildman–Crippen LogP) is 1.73. The first-order valence-corrected chi connectivity index (χ1v) is 6.86. The molecule has 8 heteroatoms. The highest BCUT2D eigenvalue weighted by Crippen LogP contribution is 2.18. The Kier molecular flexibility index (Phi) is 4.35. The van der Waals surface area contributed by atoms with E-state index >= 15 is 0 Å². The van der Waals surface area contributed by atoms with Gasteiger partial charge in [0, 0.05) is 6.42 Å². The Morgan fingerprint density at radius 2 is 2.05 bits per heavy atom.